The summed E-state index contributed by atoms with van der Waals surface area (Å²) in [5, 5.41) is 19.6. The average molecular weight is 1220 g/mol. The summed E-state index contributed by atoms with van der Waals surface area (Å²) in [6.45, 7) is 8.10. The molecule has 0 aliphatic carbocycles. The highest BCUT2D eigenvalue weighted by Gasteiger charge is 2.28. The maximum Gasteiger partial charge on any atom is 0.410 e. The number of nitrogens with zero attached hydrogens (tertiary/aromatic N) is 2. The molecule has 0 spiro atoms. The van der Waals surface area contributed by atoms with E-state index in [1.165, 1.54) is 7.11 Å². The fraction of sp³-hybridized carbons (Fsp3) is 0.424. The van der Waals surface area contributed by atoms with Crippen LogP contribution in [0.4, 0.5) is 19.2 Å². The predicted octanol–water partition coefficient (Wildman–Crippen LogP) is 12.1. The summed E-state index contributed by atoms with van der Waals surface area (Å²) in [6.07, 6.45) is 3.74. The van der Waals surface area contributed by atoms with Crippen molar-refractivity contribution in [1.82, 2.24) is 31.1 Å². The number of rotatable bonds is 29. The minimum Gasteiger partial charge on any atom is -0.469 e. The van der Waals surface area contributed by atoms with Gasteiger partial charge in [0.15, 0.2) is 23.0 Å². The lowest BCUT2D eigenvalue weighted by Gasteiger charge is -2.25. The second-order valence-corrected chi connectivity index (χ2v) is 23.3. The Balaban J connectivity index is 0.000000239. The van der Waals surface area contributed by atoms with Gasteiger partial charge in [0.25, 0.3) is 0 Å². The molecule has 4 aromatic heterocycles. The zero-order valence-electron chi connectivity index (χ0n) is 47.0. The highest BCUT2D eigenvalue weighted by atomic mass is 32.1. The summed E-state index contributed by atoms with van der Waals surface area (Å²) in [7, 11) is 1.30. The molecule has 20 nitrogen and oxygen atoms in total. The van der Waals surface area contributed by atoms with Gasteiger partial charge >= 0.3 is 36.2 Å². The summed E-state index contributed by atoms with van der Waals surface area (Å²) in [4.78, 5) is 84.8. The smallest absolute Gasteiger partial charge is 0.410 e. The van der Waals surface area contributed by atoms with Crippen LogP contribution in [0.25, 0.3) is 0 Å². The Kier molecular flexibility index (Phi) is 25.5. The zero-order chi connectivity index (χ0) is 58.8. The molecule has 0 saturated heterocycles. The SMILES string of the molecule is CCCC[C@@H](COC(=O)N(Cc1cccs1)Cc1cccs1)NC(=O)NC(CC(=O)OCC)c1ccc2c(c1)OCO2.CCCC[C@@H](COC(=O)N(Cc1cccs1)Cc1cccs1)NC(=O)N[C@H](CC(=O)OC)c1ccc2c(c1)OCO2. The molecule has 83 heavy (non-hydrogen) atoms. The molecular weight excluding hydrogens is 1140 g/mol. The van der Waals surface area contributed by atoms with Gasteiger partial charge in [-0.15, -0.1) is 45.3 Å². The van der Waals surface area contributed by atoms with E-state index < -0.39 is 60.4 Å². The first kappa shape index (κ1) is 63.0. The van der Waals surface area contributed by atoms with Gasteiger partial charge in [0, 0.05) is 19.5 Å². The minimum absolute atomic E-state index is 0.0172. The standard InChI is InChI=1S/C30H37N3O7S2.C29H35N3O7S2/c1-3-5-8-22(19-38-30(36)33(17-23-9-6-13-41-23)18-24-10-7-14-42-24)31-29(35)32-25(16-28(34)37-4-2)21-11-12-26-27(15-21)40-20-39-26;1-3-4-7-21(18-37-29(35)32(16-22-8-5-12-40-22)17-23-9-6-13-41-23)30-28(34)31-24(15-27(33)36-2)20-10-11-25-26(14-20)39-19-38-25/h6-7,9-15,22,25H,3-5,8,16-20H2,1-2H3,(H2,31,32,35);5-6,8-14,21,24H,3-4,7,15-19H2,1-2H3,(H2,30,31,34)/t22-,25?;21-,24+/m00/s1. The fourth-order valence-corrected chi connectivity index (χ4v) is 11.6. The van der Waals surface area contributed by atoms with E-state index in [1.54, 1.807) is 98.5 Å². The lowest BCUT2D eigenvalue weighted by atomic mass is 10.0. The molecule has 2 aliphatic rings. The second kappa shape index (κ2) is 33.5. The van der Waals surface area contributed by atoms with Gasteiger partial charge < -0.3 is 59.2 Å². The molecule has 446 valence electrons. The topological polar surface area (TPSA) is 231 Å². The van der Waals surface area contributed by atoms with Crippen LogP contribution in [0.3, 0.4) is 0 Å². The number of esters is 2. The highest BCUT2D eigenvalue weighted by Crippen LogP contribution is 2.36. The van der Waals surface area contributed by atoms with Gasteiger partial charge in [0.2, 0.25) is 13.6 Å². The molecule has 4 N–H and O–H groups in total. The summed E-state index contributed by atoms with van der Waals surface area (Å²) >= 11 is 6.33. The average Bonchev–Trinajstić information content (AvgIpc) is 4.42. The van der Waals surface area contributed by atoms with Gasteiger partial charge in [0.1, 0.15) is 13.2 Å². The van der Waals surface area contributed by atoms with E-state index in [4.69, 9.17) is 37.9 Å². The maximum absolute atomic E-state index is 13.2. The van der Waals surface area contributed by atoms with Crippen LogP contribution in [0.1, 0.15) is 115 Å². The largest absolute Gasteiger partial charge is 0.469 e. The van der Waals surface area contributed by atoms with E-state index >= 15 is 0 Å². The number of thiophene rings is 4. The number of hydrogen-bond acceptors (Lipinski definition) is 18. The van der Waals surface area contributed by atoms with Crippen LogP contribution >= 0.6 is 45.3 Å². The third kappa shape index (κ3) is 20.7. The van der Waals surface area contributed by atoms with E-state index in [-0.39, 0.29) is 46.2 Å². The van der Waals surface area contributed by atoms with Crippen molar-refractivity contribution in [2.24, 2.45) is 0 Å². The number of unbranched alkanes of at least 4 members (excludes halogenated alkanes) is 2. The van der Waals surface area contributed by atoms with Crippen LogP contribution in [-0.4, -0.2) is 98.6 Å². The van der Waals surface area contributed by atoms with E-state index in [0.717, 1.165) is 45.2 Å². The Hall–Kier alpha value is -7.54. The monoisotopic (exact) mass is 1220 g/mol. The van der Waals surface area contributed by atoms with Crippen molar-refractivity contribution in [1.29, 1.82) is 0 Å². The number of nitrogens with one attached hydrogen (secondary N) is 4. The van der Waals surface area contributed by atoms with E-state index in [2.05, 4.69) is 35.1 Å². The molecule has 0 radical (unpaired) electrons. The Morgan fingerprint density at radius 2 is 0.892 bits per heavy atom. The first-order valence-corrected chi connectivity index (χ1v) is 31.0. The molecular formula is C59H72N6O14S4. The number of carbonyl (C=O) groups excluding carboxylic acids is 6. The van der Waals surface area contributed by atoms with Crippen molar-refractivity contribution in [3.05, 3.63) is 137 Å². The number of carbonyl (C=O) groups is 6. The first-order valence-electron chi connectivity index (χ1n) is 27.5. The molecule has 0 bridgehead atoms. The normalized spacial score (nSPS) is 13.2. The Labute approximate surface area is 499 Å². The molecule has 0 saturated carbocycles. The van der Waals surface area contributed by atoms with E-state index in [9.17, 15) is 28.8 Å². The van der Waals surface area contributed by atoms with Crippen molar-refractivity contribution in [3.8, 4) is 23.0 Å². The van der Waals surface area contributed by atoms with Crippen LogP contribution < -0.4 is 40.2 Å². The number of methoxy groups -OCH3 is 1. The lowest BCUT2D eigenvalue weighted by Crippen LogP contribution is -2.46. The molecule has 4 atom stereocenters. The summed E-state index contributed by atoms with van der Waals surface area (Å²) in [5.41, 5.74) is 1.35. The number of fused-ring (bicyclic) bond motifs is 2. The quantitative estimate of drug-likeness (QED) is 0.0253. The van der Waals surface area contributed by atoms with Crippen molar-refractivity contribution in [2.45, 2.75) is 122 Å². The predicted molar refractivity (Wildman–Crippen MR) is 317 cm³/mol. The number of ether oxygens (including phenoxy) is 8. The molecule has 6 aromatic rings. The Bertz CT molecular complexity index is 2870. The van der Waals surface area contributed by atoms with Gasteiger partial charge in [0.05, 0.1) is 76.9 Å². The van der Waals surface area contributed by atoms with Crippen molar-refractivity contribution >= 4 is 81.5 Å². The van der Waals surface area contributed by atoms with Crippen LogP contribution in [-0.2, 0) is 54.7 Å². The van der Waals surface area contributed by atoms with Crippen LogP contribution in [0.5, 0.6) is 23.0 Å². The van der Waals surface area contributed by atoms with Gasteiger partial charge in [-0.2, -0.15) is 0 Å². The molecule has 1 unspecified atom stereocenters. The highest BCUT2D eigenvalue weighted by molar-refractivity contribution is 7.10. The zero-order valence-corrected chi connectivity index (χ0v) is 50.2. The summed E-state index contributed by atoms with van der Waals surface area (Å²) in [5.74, 6) is 1.39. The van der Waals surface area contributed by atoms with Crippen LogP contribution in [0, 0.1) is 0 Å². The molecule has 2 aromatic carbocycles. The number of hydrogen-bond donors (Lipinski definition) is 4. The van der Waals surface area contributed by atoms with E-state index in [1.807, 2.05) is 70.1 Å². The third-order valence-corrected chi connectivity index (χ3v) is 16.5. The fourth-order valence-electron chi connectivity index (χ4n) is 8.73. The van der Waals surface area contributed by atoms with Crippen LogP contribution in [0.2, 0.25) is 0 Å². The number of amides is 6. The van der Waals surface area contributed by atoms with Crippen molar-refractivity contribution in [3.63, 3.8) is 0 Å². The first-order chi connectivity index (χ1) is 40.4. The number of urea groups is 2. The van der Waals surface area contributed by atoms with Crippen molar-refractivity contribution in [2.75, 3.05) is 40.5 Å². The van der Waals surface area contributed by atoms with Gasteiger partial charge in [-0.3, -0.25) is 19.4 Å². The molecule has 8 rings (SSSR count). The second-order valence-electron chi connectivity index (χ2n) is 19.2. The van der Waals surface area contributed by atoms with E-state index in [0.29, 0.717) is 73.1 Å². The summed E-state index contributed by atoms with van der Waals surface area (Å²) in [6, 6.07) is 23.2. The molecule has 6 heterocycles. The van der Waals surface area contributed by atoms with Gasteiger partial charge in [-0.25, -0.2) is 19.2 Å². The Morgan fingerprint density at radius 3 is 1.24 bits per heavy atom. The minimum atomic E-state index is -0.668. The molecule has 0 fully saturated rings. The summed E-state index contributed by atoms with van der Waals surface area (Å²) < 4.78 is 43.2. The lowest BCUT2D eigenvalue weighted by molar-refractivity contribution is -0.144. The number of benzene rings is 2. The third-order valence-electron chi connectivity index (χ3n) is 13.0. The molecule has 2 aliphatic heterocycles. The van der Waals surface area contributed by atoms with Gasteiger partial charge in [-0.05, 0) is 101 Å². The molecule has 6 amide bonds. The molecule has 24 heteroatoms. The maximum atomic E-state index is 13.2. The Morgan fingerprint density at radius 1 is 0.506 bits per heavy atom. The van der Waals surface area contributed by atoms with Crippen molar-refractivity contribution < 1.29 is 66.7 Å². The van der Waals surface area contributed by atoms with Crippen LogP contribution in [0.15, 0.2) is 106 Å². The van der Waals surface area contributed by atoms with Gasteiger partial charge in [-0.1, -0.05) is 75.9 Å².